The topological polar surface area (TPSA) is 20.2 Å². The van der Waals surface area contributed by atoms with Gasteiger partial charge < -0.3 is 5.11 Å². The molecule has 0 bridgehead atoms. The Morgan fingerprint density at radius 3 is 2.62 bits per heavy atom. The van der Waals surface area contributed by atoms with Gasteiger partial charge in [-0.15, -0.1) is 5.73 Å². The second-order valence-corrected chi connectivity index (χ2v) is 2.88. The molecule has 0 aliphatic heterocycles. The lowest BCUT2D eigenvalue weighted by Crippen LogP contribution is -2.06. The normalized spacial score (nSPS) is 12.5. The number of allylic oxidation sites excluding steroid dienone is 3. The van der Waals surface area contributed by atoms with E-state index in [0.717, 1.165) is 11.1 Å². The third-order valence-electron chi connectivity index (χ3n) is 1.86. The van der Waals surface area contributed by atoms with E-state index in [2.05, 4.69) is 18.9 Å². The Kier molecular flexibility index (Phi) is 6.04. The van der Waals surface area contributed by atoms with E-state index in [1.807, 2.05) is 19.1 Å². The molecule has 0 saturated heterocycles. The lowest BCUT2D eigenvalue weighted by Gasteiger charge is -2.10. The lowest BCUT2D eigenvalue weighted by atomic mass is 9.86. The molecule has 2 heteroatoms. The molecule has 0 saturated carbocycles. The second kappa shape index (κ2) is 6.53. The average molecular weight is 174 g/mol. The zero-order chi connectivity index (χ0) is 10.3. The Morgan fingerprint density at radius 1 is 1.62 bits per heavy atom. The number of rotatable bonds is 5. The summed E-state index contributed by atoms with van der Waals surface area (Å²) in [7, 11) is 5.43. The summed E-state index contributed by atoms with van der Waals surface area (Å²) >= 11 is 0. The highest BCUT2D eigenvalue weighted by Gasteiger charge is 2.04. The zero-order valence-corrected chi connectivity index (χ0v) is 8.09. The van der Waals surface area contributed by atoms with Crippen LogP contribution in [-0.4, -0.2) is 19.6 Å². The lowest BCUT2D eigenvalue weighted by molar-refractivity contribution is 0.258. The van der Waals surface area contributed by atoms with Crippen LogP contribution in [0.5, 0.6) is 0 Å². The van der Waals surface area contributed by atoms with Crippen molar-refractivity contribution in [2.75, 3.05) is 6.61 Å². The van der Waals surface area contributed by atoms with Gasteiger partial charge in [-0.05, 0) is 18.4 Å². The summed E-state index contributed by atoms with van der Waals surface area (Å²) in [5.74, 6) is -0.0473. The van der Waals surface area contributed by atoms with Crippen LogP contribution in [-0.2, 0) is 0 Å². The van der Waals surface area contributed by atoms with E-state index >= 15 is 0 Å². The predicted molar refractivity (Wildman–Crippen MR) is 57.7 cm³/mol. The molecular weight excluding hydrogens is 159 g/mol. The van der Waals surface area contributed by atoms with Crippen molar-refractivity contribution >= 4 is 7.85 Å². The molecule has 1 unspecified atom stereocenters. The van der Waals surface area contributed by atoms with Gasteiger partial charge in [-0.2, -0.15) is 0 Å². The van der Waals surface area contributed by atoms with E-state index in [4.69, 9.17) is 13.0 Å². The van der Waals surface area contributed by atoms with E-state index in [-0.39, 0.29) is 12.5 Å². The zero-order valence-electron chi connectivity index (χ0n) is 8.09. The Hall–Kier alpha value is -0.975. The molecular formula is C11H15BO. The van der Waals surface area contributed by atoms with Crippen LogP contribution >= 0.6 is 0 Å². The fourth-order valence-electron chi connectivity index (χ4n) is 0.770. The maximum Gasteiger partial charge on any atom is 0.0662 e. The van der Waals surface area contributed by atoms with Crippen molar-refractivity contribution in [2.45, 2.75) is 13.2 Å². The summed E-state index contributed by atoms with van der Waals surface area (Å²) in [4.78, 5) is 0. The largest absolute Gasteiger partial charge is 0.396 e. The van der Waals surface area contributed by atoms with Crippen molar-refractivity contribution in [1.82, 2.24) is 0 Å². The predicted octanol–water partition coefficient (Wildman–Crippen LogP) is 2.03. The van der Waals surface area contributed by atoms with Gasteiger partial charge in [0, 0.05) is 6.61 Å². The summed E-state index contributed by atoms with van der Waals surface area (Å²) in [6.45, 7) is 9.26. The molecule has 0 aromatic carbocycles. The highest BCUT2D eigenvalue weighted by atomic mass is 16.3. The van der Waals surface area contributed by atoms with Crippen molar-refractivity contribution in [2.24, 2.45) is 5.92 Å². The minimum Gasteiger partial charge on any atom is -0.396 e. The van der Waals surface area contributed by atoms with Crippen LogP contribution < -0.4 is 0 Å². The molecule has 0 amide bonds. The van der Waals surface area contributed by atoms with Crippen LogP contribution in [0.15, 0.2) is 42.2 Å². The maximum atomic E-state index is 8.91. The van der Waals surface area contributed by atoms with Gasteiger partial charge in [-0.1, -0.05) is 37.2 Å². The number of aliphatic hydroxyl groups is 1. The first-order chi connectivity index (χ1) is 6.15. The first-order valence-electron chi connectivity index (χ1n) is 4.20. The van der Waals surface area contributed by atoms with Crippen molar-refractivity contribution in [3.05, 3.63) is 42.2 Å². The molecule has 1 N–H and O–H groups in total. The molecule has 0 aromatic rings. The summed E-state index contributed by atoms with van der Waals surface area (Å²) in [6.07, 6.45) is 4.10. The molecule has 13 heavy (non-hydrogen) atoms. The van der Waals surface area contributed by atoms with Gasteiger partial charge in [0.05, 0.1) is 7.85 Å². The van der Waals surface area contributed by atoms with Gasteiger partial charge >= 0.3 is 0 Å². The van der Waals surface area contributed by atoms with Gasteiger partial charge in [0.15, 0.2) is 0 Å². The van der Waals surface area contributed by atoms with Gasteiger partial charge in [-0.3, -0.25) is 0 Å². The van der Waals surface area contributed by atoms with Crippen molar-refractivity contribution in [3.8, 4) is 0 Å². The van der Waals surface area contributed by atoms with E-state index in [1.54, 1.807) is 0 Å². The molecule has 0 aromatic heterocycles. The minimum absolute atomic E-state index is 0.0382. The van der Waals surface area contributed by atoms with Gasteiger partial charge in [0.1, 0.15) is 0 Å². The Morgan fingerprint density at radius 2 is 2.23 bits per heavy atom. The first-order valence-corrected chi connectivity index (χ1v) is 4.20. The fraction of sp³-hybridized carbons (Fsp3) is 0.364. The molecule has 0 aliphatic carbocycles. The first kappa shape index (κ1) is 12.0. The van der Waals surface area contributed by atoms with Crippen molar-refractivity contribution < 1.29 is 5.11 Å². The quantitative estimate of drug-likeness (QED) is 0.384. The van der Waals surface area contributed by atoms with Crippen LogP contribution in [0.25, 0.3) is 0 Å². The third-order valence-corrected chi connectivity index (χ3v) is 1.86. The SMILES string of the molecule is [B]CC(CO)C(=C)/C=C\C(C)=C=C. The highest BCUT2D eigenvalue weighted by molar-refractivity contribution is 6.08. The number of aliphatic hydroxyl groups excluding tert-OH is 1. The second-order valence-electron chi connectivity index (χ2n) is 2.88. The molecule has 0 rings (SSSR count). The standard InChI is InChI=1S/C11H15BO/c1-4-9(2)5-6-10(3)11(7-12)8-13/h5-6,11,13H,1,3,7-8H2,2H3/b6-5-. The summed E-state index contributed by atoms with van der Waals surface area (Å²) < 4.78 is 0. The third kappa shape index (κ3) is 4.57. The summed E-state index contributed by atoms with van der Waals surface area (Å²) in [5.41, 5.74) is 4.51. The van der Waals surface area contributed by atoms with Gasteiger partial charge in [-0.25, -0.2) is 0 Å². The fourth-order valence-corrected chi connectivity index (χ4v) is 0.770. The molecule has 1 nitrogen and oxygen atoms in total. The van der Waals surface area contributed by atoms with Gasteiger partial charge in [0.2, 0.25) is 0 Å². The smallest absolute Gasteiger partial charge is 0.0662 e. The van der Waals surface area contributed by atoms with Crippen LogP contribution in [0.2, 0.25) is 6.32 Å². The van der Waals surface area contributed by atoms with Crippen LogP contribution in [0, 0.1) is 5.92 Å². The number of hydrogen-bond donors (Lipinski definition) is 1. The van der Waals surface area contributed by atoms with Crippen molar-refractivity contribution in [1.29, 1.82) is 0 Å². The van der Waals surface area contributed by atoms with E-state index in [1.165, 1.54) is 0 Å². The monoisotopic (exact) mass is 174 g/mol. The Bertz CT molecular complexity index is 243. The minimum atomic E-state index is -0.0473. The molecule has 0 fully saturated rings. The molecule has 2 radical (unpaired) electrons. The van der Waals surface area contributed by atoms with Crippen LogP contribution in [0.3, 0.4) is 0 Å². The number of hydrogen-bond acceptors (Lipinski definition) is 1. The molecule has 0 heterocycles. The molecule has 1 atom stereocenters. The Balaban J connectivity index is 4.28. The summed E-state index contributed by atoms with van der Waals surface area (Å²) in [6, 6.07) is 0. The van der Waals surface area contributed by atoms with Crippen LogP contribution in [0.1, 0.15) is 6.92 Å². The maximum absolute atomic E-state index is 8.91. The van der Waals surface area contributed by atoms with E-state index in [9.17, 15) is 0 Å². The Labute approximate surface area is 81.6 Å². The van der Waals surface area contributed by atoms with Crippen molar-refractivity contribution in [3.63, 3.8) is 0 Å². The van der Waals surface area contributed by atoms with E-state index in [0.29, 0.717) is 6.32 Å². The van der Waals surface area contributed by atoms with Gasteiger partial charge in [0.25, 0.3) is 0 Å². The van der Waals surface area contributed by atoms with Crippen LogP contribution in [0.4, 0.5) is 0 Å². The molecule has 68 valence electrons. The average Bonchev–Trinajstić information content (AvgIpc) is 2.16. The van der Waals surface area contributed by atoms with E-state index < -0.39 is 0 Å². The highest BCUT2D eigenvalue weighted by Crippen LogP contribution is 2.13. The molecule has 0 spiro atoms. The summed E-state index contributed by atoms with van der Waals surface area (Å²) in [5, 5.41) is 8.91. The molecule has 0 aliphatic rings.